The molecule has 0 aromatic carbocycles. The predicted molar refractivity (Wildman–Crippen MR) is 83.7 cm³/mol. The second-order valence-corrected chi connectivity index (χ2v) is 7.12. The fraction of sp³-hybridized carbons (Fsp3) is 0.714. The molecule has 0 aliphatic rings. The summed E-state index contributed by atoms with van der Waals surface area (Å²) in [6, 6.07) is 0. The molecule has 0 aliphatic heterocycles. The first kappa shape index (κ1) is 16.0. The summed E-state index contributed by atoms with van der Waals surface area (Å²) in [4.78, 5) is 10.1. The number of aromatic nitrogens is 1. The van der Waals surface area contributed by atoms with Crippen molar-refractivity contribution in [3.8, 4) is 0 Å². The molecule has 0 bridgehead atoms. The number of thiazole rings is 1. The molecule has 1 rings (SSSR count). The van der Waals surface area contributed by atoms with E-state index >= 15 is 0 Å². The van der Waals surface area contributed by atoms with Crippen molar-refractivity contribution >= 4 is 17.3 Å². The van der Waals surface area contributed by atoms with Crippen LogP contribution in [-0.2, 0) is 6.54 Å². The van der Waals surface area contributed by atoms with Gasteiger partial charge in [-0.05, 0) is 25.7 Å². The largest absolute Gasteiger partial charge is 0.357 e. The molecule has 0 unspecified atom stereocenters. The van der Waals surface area contributed by atoms with E-state index in [4.69, 9.17) is 0 Å². The van der Waals surface area contributed by atoms with Gasteiger partial charge in [0.1, 0.15) is 5.01 Å². The average molecular weight is 282 g/mol. The van der Waals surface area contributed by atoms with Gasteiger partial charge in [0.05, 0.1) is 6.54 Å². The molecule has 0 amide bonds. The van der Waals surface area contributed by atoms with Crippen molar-refractivity contribution in [3.63, 3.8) is 0 Å². The van der Waals surface area contributed by atoms with Crippen LogP contribution in [-0.4, -0.2) is 24.0 Å². The van der Waals surface area contributed by atoms with Gasteiger partial charge in [-0.15, -0.1) is 11.3 Å². The van der Waals surface area contributed by atoms with E-state index in [9.17, 15) is 0 Å². The summed E-state index contributed by atoms with van der Waals surface area (Å²) in [6.45, 7) is 13.3. The summed E-state index contributed by atoms with van der Waals surface area (Å²) in [5.41, 5.74) is 0.344. The van der Waals surface area contributed by atoms with Crippen LogP contribution in [0.1, 0.15) is 44.0 Å². The van der Waals surface area contributed by atoms with Crippen LogP contribution in [0.2, 0.25) is 0 Å². The van der Waals surface area contributed by atoms with Crippen LogP contribution in [0.25, 0.3) is 0 Å². The van der Waals surface area contributed by atoms with Crippen molar-refractivity contribution in [1.29, 1.82) is 0 Å². The molecule has 0 aliphatic carbocycles. The van der Waals surface area contributed by atoms with Gasteiger partial charge in [-0.2, -0.15) is 0 Å². The van der Waals surface area contributed by atoms with Crippen molar-refractivity contribution in [2.75, 3.05) is 13.1 Å². The number of nitrogens with zero attached hydrogens (tertiary/aromatic N) is 2. The highest BCUT2D eigenvalue weighted by Crippen LogP contribution is 2.17. The van der Waals surface area contributed by atoms with Gasteiger partial charge in [-0.3, -0.25) is 0 Å². The van der Waals surface area contributed by atoms with E-state index < -0.39 is 0 Å². The van der Waals surface area contributed by atoms with E-state index in [1.165, 1.54) is 4.88 Å². The Morgan fingerprint density at radius 3 is 2.63 bits per heavy atom. The first-order valence-corrected chi connectivity index (χ1v) is 7.66. The molecule has 0 spiro atoms. The zero-order chi connectivity index (χ0) is 14.3. The van der Waals surface area contributed by atoms with E-state index in [0.29, 0.717) is 12.0 Å². The van der Waals surface area contributed by atoms with Gasteiger partial charge in [0.25, 0.3) is 0 Å². The molecule has 0 saturated heterocycles. The molecule has 2 N–H and O–H groups in total. The lowest BCUT2D eigenvalue weighted by atomic mass is 9.92. The van der Waals surface area contributed by atoms with Gasteiger partial charge in [-0.1, -0.05) is 20.8 Å². The van der Waals surface area contributed by atoms with Crippen molar-refractivity contribution in [2.24, 2.45) is 10.4 Å². The van der Waals surface area contributed by atoms with Crippen LogP contribution >= 0.6 is 11.3 Å². The molecule has 0 radical (unpaired) electrons. The summed E-state index contributed by atoms with van der Waals surface area (Å²) < 4.78 is 0. The zero-order valence-electron chi connectivity index (χ0n) is 12.7. The summed E-state index contributed by atoms with van der Waals surface area (Å²) in [5, 5.41) is 7.69. The Labute approximate surface area is 120 Å². The molecule has 1 heterocycles. The predicted octanol–water partition coefficient (Wildman–Crippen LogP) is 2.94. The van der Waals surface area contributed by atoms with E-state index in [1.807, 2.05) is 6.20 Å². The minimum absolute atomic E-state index is 0.344. The Kier molecular flexibility index (Phi) is 6.28. The van der Waals surface area contributed by atoms with Crippen LogP contribution in [0.15, 0.2) is 11.2 Å². The molecule has 108 valence electrons. The van der Waals surface area contributed by atoms with Crippen molar-refractivity contribution in [3.05, 3.63) is 16.1 Å². The maximum Gasteiger partial charge on any atom is 0.191 e. The van der Waals surface area contributed by atoms with Crippen molar-refractivity contribution in [1.82, 2.24) is 15.6 Å². The second kappa shape index (κ2) is 7.48. The second-order valence-electron chi connectivity index (χ2n) is 5.80. The maximum absolute atomic E-state index is 4.56. The number of hydrogen-bond acceptors (Lipinski definition) is 3. The standard InChI is InChI=1S/C14H26N4S/c1-6-15-13(16-8-7-14(3,4)5)18-10-12-17-9-11(2)19-12/h9H,6-8,10H2,1-5H3,(H2,15,16,18). The Bertz CT molecular complexity index is 404. The highest BCUT2D eigenvalue weighted by Gasteiger charge is 2.09. The number of hydrogen-bond donors (Lipinski definition) is 2. The first-order chi connectivity index (χ1) is 8.90. The Hall–Kier alpha value is -1.10. The maximum atomic E-state index is 4.56. The average Bonchev–Trinajstić information content (AvgIpc) is 2.70. The van der Waals surface area contributed by atoms with Gasteiger partial charge in [0, 0.05) is 24.2 Å². The third-order valence-corrected chi connectivity index (χ3v) is 3.45. The molecular weight excluding hydrogens is 256 g/mol. The van der Waals surface area contributed by atoms with E-state index in [2.05, 4.69) is 55.2 Å². The highest BCUT2D eigenvalue weighted by atomic mass is 32.1. The molecule has 0 saturated carbocycles. The normalized spacial score (nSPS) is 12.6. The monoisotopic (exact) mass is 282 g/mol. The molecule has 0 fully saturated rings. The Morgan fingerprint density at radius 2 is 2.11 bits per heavy atom. The Balaban J connectivity index is 2.46. The van der Waals surface area contributed by atoms with Crippen LogP contribution in [0, 0.1) is 12.3 Å². The fourth-order valence-corrected chi connectivity index (χ4v) is 2.23. The lowest BCUT2D eigenvalue weighted by Crippen LogP contribution is -2.38. The van der Waals surface area contributed by atoms with E-state index in [1.54, 1.807) is 11.3 Å². The molecule has 5 heteroatoms. The molecule has 4 nitrogen and oxygen atoms in total. The summed E-state index contributed by atoms with van der Waals surface area (Å²) >= 11 is 1.70. The van der Waals surface area contributed by atoms with Gasteiger partial charge in [0.2, 0.25) is 0 Å². The topological polar surface area (TPSA) is 49.3 Å². The summed E-state index contributed by atoms with van der Waals surface area (Å²) in [7, 11) is 0. The highest BCUT2D eigenvalue weighted by molar-refractivity contribution is 7.11. The lowest BCUT2D eigenvalue weighted by Gasteiger charge is -2.19. The molecule has 1 aromatic rings. The number of guanidine groups is 1. The lowest BCUT2D eigenvalue weighted by molar-refractivity contribution is 0.377. The quantitative estimate of drug-likeness (QED) is 0.645. The molecular formula is C14H26N4S. The summed E-state index contributed by atoms with van der Waals surface area (Å²) in [5.74, 6) is 0.875. The van der Waals surface area contributed by atoms with Gasteiger partial charge < -0.3 is 10.6 Å². The number of nitrogens with one attached hydrogen (secondary N) is 2. The third kappa shape index (κ3) is 7.15. The minimum Gasteiger partial charge on any atom is -0.357 e. The number of aryl methyl sites for hydroxylation is 1. The molecule has 1 aromatic heterocycles. The van der Waals surface area contributed by atoms with E-state index in [-0.39, 0.29) is 0 Å². The Morgan fingerprint density at radius 1 is 1.37 bits per heavy atom. The van der Waals surface area contributed by atoms with Crippen LogP contribution < -0.4 is 10.6 Å². The van der Waals surface area contributed by atoms with Gasteiger partial charge >= 0.3 is 0 Å². The fourth-order valence-electron chi connectivity index (χ4n) is 1.52. The zero-order valence-corrected chi connectivity index (χ0v) is 13.5. The molecule has 0 atom stereocenters. The van der Waals surface area contributed by atoms with E-state index in [0.717, 1.165) is 30.5 Å². The smallest absolute Gasteiger partial charge is 0.191 e. The summed E-state index contributed by atoms with van der Waals surface area (Å²) in [6.07, 6.45) is 3.02. The van der Waals surface area contributed by atoms with Crippen LogP contribution in [0.4, 0.5) is 0 Å². The van der Waals surface area contributed by atoms with Crippen molar-refractivity contribution in [2.45, 2.75) is 47.6 Å². The minimum atomic E-state index is 0.344. The molecule has 19 heavy (non-hydrogen) atoms. The van der Waals surface area contributed by atoms with Crippen LogP contribution in [0.3, 0.4) is 0 Å². The number of aliphatic imine (C=N–C) groups is 1. The third-order valence-electron chi connectivity index (χ3n) is 2.55. The first-order valence-electron chi connectivity index (χ1n) is 6.84. The van der Waals surface area contributed by atoms with Gasteiger partial charge in [0.15, 0.2) is 5.96 Å². The van der Waals surface area contributed by atoms with Crippen LogP contribution in [0.5, 0.6) is 0 Å². The SMILES string of the molecule is CCNC(=NCc1ncc(C)s1)NCCC(C)(C)C. The van der Waals surface area contributed by atoms with Gasteiger partial charge in [-0.25, -0.2) is 9.98 Å². The van der Waals surface area contributed by atoms with Crippen molar-refractivity contribution < 1.29 is 0 Å². The number of rotatable bonds is 5.